The van der Waals surface area contributed by atoms with Crippen LogP contribution in [0.3, 0.4) is 0 Å². The molecule has 410 valence electrons. The maximum atomic E-state index is 13.2. The van der Waals surface area contributed by atoms with Gasteiger partial charge in [-0.05, 0) is 128 Å². The number of nitrogens with zero attached hydrogens (tertiary/aromatic N) is 2. The molecule has 2 N–H and O–H groups in total. The Hall–Kier alpha value is -1.76. The Kier molecular flexibility index (Phi) is 44.3. The first-order valence-corrected chi connectivity index (χ1v) is 30.9. The second kappa shape index (κ2) is 48.2. The van der Waals surface area contributed by atoms with E-state index in [1.54, 1.807) is 0 Å². The van der Waals surface area contributed by atoms with E-state index in [0.29, 0.717) is 25.9 Å². The van der Waals surface area contributed by atoms with Crippen LogP contribution in [0.5, 0.6) is 0 Å². The minimum atomic E-state index is -0.832. The number of carbonyl (C=O) groups excluding carboxylic acids is 2. The smallest absolute Gasteiger partial charge is 0.305 e. The van der Waals surface area contributed by atoms with Gasteiger partial charge in [0.15, 0.2) is 12.2 Å². The molecule has 0 aromatic rings. The van der Waals surface area contributed by atoms with Crippen LogP contribution in [0.4, 0.5) is 0 Å². The average Bonchev–Trinajstić information content (AvgIpc) is 3.37. The van der Waals surface area contributed by atoms with Crippen LogP contribution in [-0.4, -0.2) is 110 Å². The van der Waals surface area contributed by atoms with E-state index < -0.39 is 12.2 Å². The lowest BCUT2D eigenvalue weighted by Gasteiger charge is -2.29. The first-order chi connectivity index (χ1) is 34.4. The van der Waals surface area contributed by atoms with Crippen molar-refractivity contribution in [1.29, 1.82) is 0 Å². The molecular formula is C58H110N4O6S2. The van der Waals surface area contributed by atoms with E-state index in [9.17, 15) is 9.59 Å². The SMILES string of the molecule is CCCCCCCCCCCCCCCCC(=O)OCC(OC(=S)NCCCCN1CCCCC1)C(COC(=O)CCCCCCCCCCCCCCCC)OC(=S)NCCCCN1CCCCC1. The first-order valence-electron chi connectivity index (χ1n) is 30.1. The monoisotopic (exact) mass is 1020 g/mol. The van der Waals surface area contributed by atoms with E-state index in [2.05, 4.69) is 34.3 Å². The van der Waals surface area contributed by atoms with E-state index in [1.165, 1.54) is 206 Å². The van der Waals surface area contributed by atoms with Gasteiger partial charge >= 0.3 is 11.9 Å². The minimum Gasteiger partial charge on any atom is -0.462 e. The van der Waals surface area contributed by atoms with Gasteiger partial charge in [0.1, 0.15) is 13.2 Å². The lowest BCUT2D eigenvalue weighted by atomic mass is 10.0. The highest BCUT2D eigenvalue weighted by atomic mass is 32.1. The number of thiocarbonyl (C=S) groups is 2. The Bertz CT molecular complexity index is 1140. The van der Waals surface area contributed by atoms with Gasteiger partial charge in [-0.15, -0.1) is 0 Å². The van der Waals surface area contributed by atoms with Crippen molar-refractivity contribution < 1.29 is 28.5 Å². The Morgan fingerprint density at radius 1 is 0.400 bits per heavy atom. The van der Waals surface area contributed by atoms with Gasteiger partial charge in [-0.3, -0.25) is 9.59 Å². The van der Waals surface area contributed by atoms with Crippen molar-refractivity contribution in [1.82, 2.24) is 20.4 Å². The molecule has 0 radical (unpaired) electrons. The highest BCUT2D eigenvalue weighted by molar-refractivity contribution is 7.80. The summed E-state index contributed by atoms with van der Waals surface area (Å²) in [5.41, 5.74) is 0. The van der Waals surface area contributed by atoms with Crippen molar-refractivity contribution >= 4 is 46.7 Å². The van der Waals surface area contributed by atoms with Crippen LogP contribution in [0.25, 0.3) is 0 Å². The number of unbranched alkanes of at least 4 members (excludes halogenated alkanes) is 28. The van der Waals surface area contributed by atoms with Crippen molar-refractivity contribution in [2.75, 3.05) is 65.6 Å². The number of hydrogen-bond acceptors (Lipinski definition) is 10. The second-order valence-corrected chi connectivity index (χ2v) is 21.8. The maximum absolute atomic E-state index is 13.2. The van der Waals surface area contributed by atoms with Crippen LogP contribution in [-0.2, 0) is 28.5 Å². The topological polar surface area (TPSA) is 102 Å². The second-order valence-electron chi connectivity index (χ2n) is 21.0. The first kappa shape index (κ1) is 64.4. The summed E-state index contributed by atoms with van der Waals surface area (Å²) in [6.07, 6.45) is 46.2. The van der Waals surface area contributed by atoms with Crippen molar-refractivity contribution in [3.05, 3.63) is 0 Å². The van der Waals surface area contributed by atoms with Gasteiger partial charge < -0.3 is 39.4 Å². The number of rotatable bonds is 47. The van der Waals surface area contributed by atoms with E-state index in [4.69, 9.17) is 43.4 Å². The fourth-order valence-corrected chi connectivity index (χ4v) is 10.3. The van der Waals surface area contributed by atoms with E-state index in [1.807, 2.05) is 0 Å². The van der Waals surface area contributed by atoms with Crippen LogP contribution in [0, 0.1) is 0 Å². The summed E-state index contributed by atoms with van der Waals surface area (Å²) in [6, 6.07) is 0. The molecule has 2 rings (SSSR count). The summed E-state index contributed by atoms with van der Waals surface area (Å²) in [5.74, 6) is -0.542. The number of ether oxygens (including phenoxy) is 4. The molecule has 0 amide bonds. The number of nitrogens with one attached hydrogen (secondary N) is 2. The van der Waals surface area contributed by atoms with Crippen LogP contribution in [0.2, 0.25) is 0 Å². The van der Waals surface area contributed by atoms with Crippen molar-refractivity contribution in [3.63, 3.8) is 0 Å². The van der Waals surface area contributed by atoms with Gasteiger partial charge in [-0.2, -0.15) is 0 Å². The largest absolute Gasteiger partial charge is 0.462 e. The molecule has 0 spiro atoms. The number of hydrogen-bond donors (Lipinski definition) is 2. The van der Waals surface area contributed by atoms with Gasteiger partial charge in [-0.25, -0.2) is 0 Å². The zero-order valence-electron chi connectivity index (χ0n) is 45.7. The average molecular weight is 1020 g/mol. The molecule has 70 heavy (non-hydrogen) atoms. The van der Waals surface area contributed by atoms with E-state index in [0.717, 1.165) is 77.3 Å². The highest BCUT2D eigenvalue weighted by Crippen LogP contribution is 2.17. The molecule has 10 nitrogen and oxygen atoms in total. The highest BCUT2D eigenvalue weighted by Gasteiger charge is 2.31. The number of carbonyl (C=O) groups is 2. The van der Waals surface area contributed by atoms with Crippen LogP contribution in [0.15, 0.2) is 0 Å². The zero-order chi connectivity index (χ0) is 50.2. The van der Waals surface area contributed by atoms with Gasteiger partial charge in [0, 0.05) is 25.9 Å². The third-order valence-corrected chi connectivity index (χ3v) is 14.9. The quantitative estimate of drug-likeness (QED) is 0.0345. The van der Waals surface area contributed by atoms with Crippen molar-refractivity contribution in [2.45, 2.75) is 283 Å². The molecule has 2 saturated heterocycles. The molecule has 0 aliphatic carbocycles. The van der Waals surface area contributed by atoms with Gasteiger partial charge in [-0.1, -0.05) is 194 Å². The summed E-state index contributed by atoms with van der Waals surface area (Å²) in [7, 11) is 0. The molecule has 2 fully saturated rings. The molecule has 0 aromatic heterocycles. The Morgan fingerprint density at radius 2 is 0.686 bits per heavy atom. The predicted molar refractivity (Wildman–Crippen MR) is 302 cm³/mol. The molecule has 12 heteroatoms. The molecule has 0 saturated carbocycles. The molecule has 2 heterocycles. The summed E-state index contributed by atoms with van der Waals surface area (Å²) in [4.78, 5) is 31.4. The number of piperidine rings is 2. The van der Waals surface area contributed by atoms with Gasteiger partial charge in [0.05, 0.1) is 0 Å². The van der Waals surface area contributed by atoms with E-state index in [-0.39, 0.29) is 35.5 Å². The van der Waals surface area contributed by atoms with Crippen molar-refractivity contribution in [2.24, 2.45) is 0 Å². The Balaban J connectivity index is 1.89. The molecule has 0 aromatic carbocycles. The lowest BCUT2D eigenvalue weighted by Crippen LogP contribution is -2.46. The third kappa shape index (κ3) is 39.7. The molecular weight excluding hydrogens is 913 g/mol. The van der Waals surface area contributed by atoms with Gasteiger partial charge in [0.25, 0.3) is 10.3 Å². The van der Waals surface area contributed by atoms with Crippen molar-refractivity contribution in [3.8, 4) is 0 Å². The number of likely N-dealkylation sites (tertiary alicyclic amines) is 2. The standard InChI is InChI=1S/C58H110N4O6S2/c1-3-5-7-9-11-13-15-17-19-21-23-25-27-31-41-55(63)65-51-53(67-57(69)59-43-33-39-49-61-45-35-29-36-46-61)54(68-58(70)60-44-34-40-50-62-47-37-30-38-48-62)52-66-56(64)42-32-28-26-24-22-20-18-16-14-12-10-8-6-4-2/h53-54H,3-52H2,1-2H3,(H,59,69)(H,60,70). The molecule has 2 atom stereocenters. The van der Waals surface area contributed by atoms with Crippen LogP contribution in [0.1, 0.15) is 271 Å². The summed E-state index contributed by atoms with van der Waals surface area (Å²) in [6.45, 7) is 12.7. The molecule has 2 aliphatic rings. The molecule has 2 unspecified atom stereocenters. The molecule has 0 bridgehead atoms. The minimum absolute atomic E-state index is 0.0894. The predicted octanol–water partition coefficient (Wildman–Crippen LogP) is 14.9. The summed E-state index contributed by atoms with van der Waals surface area (Å²) in [5, 5.41) is 6.97. The summed E-state index contributed by atoms with van der Waals surface area (Å²) >= 11 is 11.4. The number of esters is 2. The Labute approximate surface area is 442 Å². The normalized spacial score (nSPS) is 15.3. The molecule has 2 aliphatic heterocycles. The zero-order valence-corrected chi connectivity index (χ0v) is 47.3. The van der Waals surface area contributed by atoms with Gasteiger partial charge in [0.2, 0.25) is 0 Å². The van der Waals surface area contributed by atoms with Crippen LogP contribution >= 0.6 is 24.4 Å². The fourth-order valence-electron chi connectivity index (χ4n) is 9.88. The summed E-state index contributed by atoms with van der Waals surface area (Å²) < 4.78 is 24.4. The third-order valence-electron chi connectivity index (χ3n) is 14.5. The fraction of sp³-hybridized carbons (Fsp3) is 0.931. The van der Waals surface area contributed by atoms with Crippen LogP contribution < -0.4 is 10.6 Å². The van der Waals surface area contributed by atoms with E-state index >= 15 is 0 Å². The Morgan fingerprint density at radius 3 is 0.986 bits per heavy atom. The lowest BCUT2D eigenvalue weighted by molar-refractivity contribution is -0.154. The maximum Gasteiger partial charge on any atom is 0.305 e.